The molecule has 2 heterocycles. The molecule has 0 spiro atoms. The van der Waals surface area contributed by atoms with Gasteiger partial charge in [0.2, 0.25) is 5.91 Å². The number of aromatic nitrogens is 1. The van der Waals surface area contributed by atoms with Crippen molar-refractivity contribution in [1.82, 2.24) is 10.3 Å². The third kappa shape index (κ3) is 5.11. The predicted molar refractivity (Wildman–Crippen MR) is 114 cm³/mol. The van der Waals surface area contributed by atoms with Crippen LogP contribution in [0.5, 0.6) is 0 Å². The van der Waals surface area contributed by atoms with Crippen LogP contribution in [0.3, 0.4) is 0 Å². The van der Waals surface area contributed by atoms with Crippen molar-refractivity contribution in [3.8, 4) is 0 Å². The van der Waals surface area contributed by atoms with Gasteiger partial charge in [-0.05, 0) is 31.0 Å². The number of pyridine rings is 1. The van der Waals surface area contributed by atoms with Gasteiger partial charge in [0.1, 0.15) is 5.82 Å². The molecule has 3 rings (SSSR count). The molecule has 1 fully saturated rings. The third-order valence-electron chi connectivity index (χ3n) is 4.72. The van der Waals surface area contributed by atoms with Crippen molar-refractivity contribution in [3.05, 3.63) is 51.1 Å². The maximum atomic E-state index is 12.4. The van der Waals surface area contributed by atoms with Crippen molar-refractivity contribution in [2.75, 3.05) is 23.3 Å². The minimum atomic E-state index is -0.690. The Balaban J connectivity index is 1.54. The number of hydrogen-bond donors (Lipinski definition) is 3. The number of halogens is 3. The van der Waals surface area contributed by atoms with Gasteiger partial charge in [-0.2, -0.15) is 0 Å². The molecule has 1 aromatic carbocycles. The molecule has 1 aliphatic heterocycles. The maximum Gasteiger partial charge on any atom is 0.325 e. The minimum absolute atomic E-state index is 0.0962. The number of aliphatic hydroxyl groups is 1. The Morgan fingerprint density at radius 2 is 1.86 bits per heavy atom. The highest BCUT2D eigenvalue weighted by atomic mass is 35.5. The molecule has 0 radical (unpaired) electrons. The number of aliphatic hydroxyl groups excluding tert-OH is 1. The Labute approximate surface area is 183 Å². The van der Waals surface area contributed by atoms with E-state index in [4.69, 9.17) is 34.8 Å². The van der Waals surface area contributed by atoms with E-state index in [0.717, 1.165) is 11.4 Å². The first-order chi connectivity index (χ1) is 13.9. The van der Waals surface area contributed by atoms with Crippen molar-refractivity contribution in [2.24, 2.45) is 5.92 Å². The van der Waals surface area contributed by atoms with Gasteiger partial charge in [0, 0.05) is 30.8 Å². The van der Waals surface area contributed by atoms with E-state index in [0.29, 0.717) is 25.9 Å². The van der Waals surface area contributed by atoms with Crippen LogP contribution in [0, 0.1) is 5.92 Å². The normalized spacial score (nSPS) is 14.6. The van der Waals surface area contributed by atoms with Crippen LogP contribution in [0.25, 0.3) is 0 Å². The van der Waals surface area contributed by atoms with Crippen molar-refractivity contribution >= 4 is 58.2 Å². The fourth-order valence-corrected chi connectivity index (χ4v) is 3.76. The Morgan fingerprint density at radius 3 is 2.55 bits per heavy atom. The Hall–Kier alpha value is -2.06. The van der Waals surface area contributed by atoms with Gasteiger partial charge in [-0.15, -0.1) is 0 Å². The minimum Gasteiger partial charge on any atom is -0.392 e. The second-order valence-corrected chi connectivity index (χ2v) is 7.73. The largest absolute Gasteiger partial charge is 0.392 e. The number of urea groups is 1. The Morgan fingerprint density at radius 1 is 1.14 bits per heavy atom. The summed E-state index contributed by atoms with van der Waals surface area (Å²) < 4.78 is 0. The van der Waals surface area contributed by atoms with Gasteiger partial charge < -0.3 is 15.3 Å². The van der Waals surface area contributed by atoms with Gasteiger partial charge in [-0.25, -0.2) is 9.78 Å². The molecule has 3 N–H and O–H groups in total. The first-order valence-electron chi connectivity index (χ1n) is 8.95. The average molecular weight is 458 g/mol. The summed E-state index contributed by atoms with van der Waals surface area (Å²) in [5.41, 5.74) is 1.00. The number of benzene rings is 1. The highest BCUT2D eigenvalue weighted by Crippen LogP contribution is 2.35. The van der Waals surface area contributed by atoms with E-state index in [1.54, 1.807) is 12.3 Å². The van der Waals surface area contributed by atoms with Crippen LogP contribution < -0.4 is 15.5 Å². The van der Waals surface area contributed by atoms with Crippen LogP contribution in [0.1, 0.15) is 18.4 Å². The van der Waals surface area contributed by atoms with Crippen LogP contribution in [0.2, 0.25) is 15.1 Å². The molecule has 154 valence electrons. The summed E-state index contributed by atoms with van der Waals surface area (Å²) in [5, 5.41) is 14.8. The molecule has 1 aliphatic rings. The lowest BCUT2D eigenvalue weighted by Crippen LogP contribution is -2.44. The summed E-state index contributed by atoms with van der Waals surface area (Å²) in [6.07, 6.45) is 2.80. The molecular formula is C19H19Cl3N4O3. The standard InChI is InChI=1S/C19H19Cl3N4O3/c20-13-3-4-14(16(22)15(13)21)24-19(29)25-18(28)11-5-8-26(9-6-11)17-12(10-27)2-1-7-23-17/h1-4,7,11,27H,5-6,8-10H2,(H2,24,25,28,29). The molecule has 0 atom stereocenters. The van der Waals surface area contributed by atoms with Gasteiger partial charge in [-0.1, -0.05) is 40.9 Å². The SMILES string of the molecule is O=C(NC(=O)C1CCN(c2ncccc2CO)CC1)Nc1ccc(Cl)c(Cl)c1Cl. The predicted octanol–water partition coefficient (Wildman–Crippen LogP) is 4.10. The van der Waals surface area contributed by atoms with E-state index in [1.165, 1.54) is 12.1 Å². The molecule has 7 nitrogen and oxygen atoms in total. The van der Waals surface area contributed by atoms with E-state index in [9.17, 15) is 14.7 Å². The highest BCUT2D eigenvalue weighted by Gasteiger charge is 2.27. The second kappa shape index (κ2) is 9.63. The second-order valence-electron chi connectivity index (χ2n) is 6.57. The zero-order chi connectivity index (χ0) is 21.0. The zero-order valence-electron chi connectivity index (χ0n) is 15.3. The van der Waals surface area contributed by atoms with Gasteiger partial charge in [0.25, 0.3) is 0 Å². The van der Waals surface area contributed by atoms with E-state index < -0.39 is 6.03 Å². The van der Waals surface area contributed by atoms with Crippen LogP contribution in [0.15, 0.2) is 30.5 Å². The first kappa shape index (κ1) is 21.6. The Bertz CT molecular complexity index is 918. The number of anilines is 2. The summed E-state index contributed by atoms with van der Waals surface area (Å²) in [7, 11) is 0. The van der Waals surface area contributed by atoms with Gasteiger partial charge in [-0.3, -0.25) is 10.1 Å². The lowest BCUT2D eigenvalue weighted by Gasteiger charge is -2.33. The topological polar surface area (TPSA) is 94.6 Å². The summed E-state index contributed by atoms with van der Waals surface area (Å²) in [6, 6.07) is 5.91. The monoisotopic (exact) mass is 456 g/mol. The quantitative estimate of drug-likeness (QED) is 0.601. The summed E-state index contributed by atoms with van der Waals surface area (Å²) in [6.45, 7) is 1.10. The van der Waals surface area contributed by atoms with Crippen LogP contribution in [0.4, 0.5) is 16.3 Å². The van der Waals surface area contributed by atoms with Crippen LogP contribution in [-0.4, -0.2) is 35.1 Å². The molecule has 2 aromatic rings. The number of nitrogens with zero attached hydrogens (tertiary/aromatic N) is 2. The van der Waals surface area contributed by atoms with Crippen molar-refractivity contribution in [1.29, 1.82) is 0 Å². The highest BCUT2D eigenvalue weighted by molar-refractivity contribution is 6.49. The smallest absolute Gasteiger partial charge is 0.325 e. The average Bonchev–Trinajstić information content (AvgIpc) is 2.74. The fourth-order valence-electron chi connectivity index (χ4n) is 3.18. The van der Waals surface area contributed by atoms with E-state index in [2.05, 4.69) is 15.6 Å². The molecule has 0 bridgehead atoms. The number of hydrogen-bond acceptors (Lipinski definition) is 5. The number of nitrogens with one attached hydrogen (secondary N) is 2. The lowest BCUT2D eigenvalue weighted by molar-refractivity contribution is -0.124. The molecular weight excluding hydrogens is 439 g/mol. The fraction of sp³-hybridized carbons (Fsp3) is 0.316. The number of carbonyl (C=O) groups excluding carboxylic acids is 2. The summed E-state index contributed by atoms with van der Waals surface area (Å²) in [4.78, 5) is 31.0. The van der Waals surface area contributed by atoms with Crippen molar-refractivity contribution in [3.63, 3.8) is 0 Å². The number of amides is 3. The third-order valence-corrected chi connectivity index (χ3v) is 6.02. The van der Waals surface area contributed by atoms with Crippen LogP contribution in [-0.2, 0) is 11.4 Å². The van der Waals surface area contributed by atoms with E-state index >= 15 is 0 Å². The molecule has 0 saturated carbocycles. The molecule has 29 heavy (non-hydrogen) atoms. The zero-order valence-corrected chi connectivity index (χ0v) is 17.6. The summed E-state index contributed by atoms with van der Waals surface area (Å²) >= 11 is 17.9. The van der Waals surface area contributed by atoms with Crippen molar-refractivity contribution < 1.29 is 14.7 Å². The van der Waals surface area contributed by atoms with Crippen LogP contribution >= 0.6 is 34.8 Å². The molecule has 10 heteroatoms. The summed E-state index contributed by atoms with van der Waals surface area (Å²) in [5.74, 6) is 0.0603. The number of carbonyl (C=O) groups is 2. The van der Waals surface area contributed by atoms with E-state index in [-0.39, 0.29) is 39.2 Å². The van der Waals surface area contributed by atoms with Gasteiger partial charge in [0.05, 0.1) is 27.4 Å². The number of imide groups is 1. The van der Waals surface area contributed by atoms with Gasteiger partial charge in [0.15, 0.2) is 0 Å². The number of piperidine rings is 1. The van der Waals surface area contributed by atoms with Crippen molar-refractivity contribution in [2.45, 2.75) is 19.4 Å². The van der Waals surface area contributed by atoms with Gasteiger partial charge >= 0.3 is 6.03 Å². The molecule has 3 amide bonds. The molecule has 1 aromatic heterocycles. The first-order valence-corrected chi connectivity index (χ1v) is 10.1. The van der Waals surface area contributed by atoms with E-state index in [1.807, 2.05) is 11.0 Å². The lowest BCUT2D eigenvalue weighted by atomic mass is 9.95. The maximum absolute atomic E-state index is 12.4. The molecule has 0 unspecified atom stereocenters. The Kier molecular flexibility index (Phi) is 7.18. The number of rotatable bonds is 4. The molecule has 1 saturated heterocycles. The molecule has 0 aliphatic carbocycles.